The molecular formula is C14H20N4O. The average Bonchev–Trinajstić information content (AvgIpc) is 2.38. The van der Waals surface area contributed by atoms with E-state index >= 15 is 0 Å². The zero-order valence-corrected chi connectivity index (χ0v) is 11.1. The van der Waals surface area contributed by atoms with Crippen molar-refractivity contribution in [3.63, 3.8) is 0 Å². The number of nitrogens with zero attached hydrogens (tertiary/aromatic N) is 3. The third kappa shape index (κ3) is 2.85. The molecule has 3 rings (SSSR count). The molecule has 1 saturated heterocycles. The van der Waals surface area contributed by atoms with Crippen molar-refractivity contribution in [2.24, 2.45) is 5.92 Å². The van der Waals surface area contributed by atoms with Gasteiger partial charge in [0.25, 0.3) is 0 Å². The monoisotopic (exact) mass is 260 g/mol. The van der Waals surface area contributed by atoms with E-state index in [0.717, 1.165) is 44.7 Å². The molecule has 1 N–H and O–H groups in total. The summed E-state index contributed by atoms with van der Waals surface area (Å²) < 4.78 is 0. The molecule has 5 heteroatoms. The zero-order valence-electron chi connectivity index (χ0n) is 11.1. The van der Waals surface area contributed by atoms with Crippen molar-refractivity contribution in [2.45, 2.75) is 38.1 Å². The van der Waals surface area contributed by atoms with E-state index in [9.17, 15) is 4.79 Å². The van der Waals surface area contributed by atoms with E-state index in [-0.39, 0.29) is 17.9 Å². The van der Waals surface area contributed by atoms with Gasteiger partial charge in [-0.15, -0.1) is 0 Å². The number of hydrogen-bond acceptors (Lipinski definition) is 4. The molecule has 19 heavy (non-hydrogen) atoms. The van der Waals surface area contributed by atoms with Crippen LogP contribution >= 0.6 is 0 Å². The van der Waals surface area contributed by atoms with E-state index in [1.807, 2.05) is 6.07 Å². The molecular weight excluding hydrogens is 240 g/mol. The van der Waals surface area contributed by atoms with Gasteiger partial charge in [-0.3, -0.25) is 4.79 Å². The Morgan fingerprint density at radius 1 is 1.21 bits per heavy atom. The molecule has 0 bridgehead atoms. The van der Waals surface area contributed by atoms with Gasteiger partial charge in [-0.25, -0.2) is 9.97 Å². The number of hydrogen-bond donors (Lipinski definition) is 1. The third-order valence-electron chi connectivity index (χ3n) is 4.08. The molecule has 1 aliphatic carbocycles. The molecule has 1 atom stereocenters. The fourth-order valence-electron chi connectivity index (χ4n) is 2.72. The topological polar surface area (TPSA) is 58.1 Å². The summed E-state index contributed by atoms with van der Waals surface area (Å²) in [7, 11) is 0. The van der Waals surface area contributed by atoms with Crippen molar-refractivity contribution in [3.05, 3.63) is 18.5 Å². The second-order valence-corrected chi connectivity index (χ2v) is 5.47. The van der Waals surface area contributed by atoms with Crippen LogP contribution in [-0.2, 0) is 4.79 Å². The second-order valence-electron chi connectivity index (χ2n) is 5.47. The summed E-state index contributed by atoms with van der Waals surface area (Å²) in [5, 5.41) is 3.18. The number of rotatable bonds is 3. The highest BCUT2D eigenvalue weighted by atomic mass is 16.2. The Morgan fingerprint density at radius 3 is 2.68 bits per heavy atom. The highest BCUT2D eigenvalue weighted by Gasteiger charge is 2.29. The maximum atomic E-state index is 12.0. The van der Waals surface area contributed by atoms with E-state index < -0.39 is 0 Å². The lowest BCUT2D eigenvalue weighted by molar-refractivity contribution is -0.128. The fourth-order valence-corrected chi connectivity index (χ4v) is 2.72. The van der Waals surface area contributed by atoms with E-state index in [0.29, 0.717) is 0 Å². The predicted octanol–water partition coefficient (Wildman–Crippen LogP) is 1.36. The first-order valence-electron chi connectivity index (χ1n) is 7.15. The first-order chi connectivity index (χ1) is 9.33. The highest BCUT2D eigenvalue weighted by molar-refractivity contribution is 5.79. The van der Waals surface area contributed by atoms with Crippen LogP contribution in [0.25, 0.3) is 0 Å². The summed E-state index contributed by atoms with van der Waals surface area (Å²) in [6, 6.07) is 2.06. The molecule has 1 unspecified atom stereocenters. The first kappa shape index (κ1) is 12.4. The van der Waals surface area contributed by atoms with Crippen LogP contribution in [0.15, 0.2) is 18.5 Å². The molecule has 1 aromatic rings. The van der Waals surface area contributed by atoms with Crippen LogP contribution in [0, 0.1) is 5.92 Å². The second kappa shape index (κ2) is 5.55. The molecule has 2 fully saturated rings. The summed E-state index contributed by atoms with van der Waals surface area (Å²) in [4.78, 5) is 22.7. The van der Waals surface area contributed by atoms with Crippen molar-refractivity contribution >= 4 is 11.9 Å². The van der Waals surface area contributed by atoms with Crippen molar-refractivity contribution in [2.75, 3.05) is 18.0 Å². The maximum absolute atomic E-state index is 12.0. The molecule has 1 amide bonds. The van der Waals surface area contributed by atoms with E-state index in [4.69, 9.17) is 0 Å². The Hall–Kier alpha value is -1.65. The van der Waals surface area contributed by atoms with Gasteiger partial charge in [0.2, 0.25) is 11.9 Å². The standard InChI is InChI=1S/C14H20N4O/c19-13(11-4-1-5-11)17-12-6-2-9-18(10-12)14-15-7-3-8-16-14/h3,7-8,11-12H,1-2,4-6,9-10H2,(H,17,19). The summed E-state index contributed by atoms with van der Waals surface area (Å²) in [5.74, 6) is 1.28. The number of carbonyl (C=O) groups is 1. The molecule has 1 aromatic heterocycles. The normalized spacial score (nSPS) is 23.8. The molecule has 2 heterocycles. The first-order valence-corrected chi connectivity index (χ1v) is 7.15. The number of nitrogens with one attached hydrogen (secondary N) is 1. The van der Waals surface area contributed by atoms with Crippen LogP contribution in [0.5, 0.6) is 0 Å². The number of anilines is 1. The number of amides is 1. The number of piperidine rings is 1. The predicted molar refractivity (Wildman–Crippen MR) is 72.8 cm³/mol. The molecule has 1 saturated carbocycles. The largest absolute Gasteiger partial charge is 0.351 e. The number of aromatic nitrogens is 2. The molecule has 1 aliphatic heterocycles. The Bertz CT molecular complexity index is 432. The maximum Gasteiger partial charge on any atom is 0.225 e. The average molecular weight is 260 g/mol. The third-order valence-corrected chi connectivity index (χ3v) is 4.08. The van der Waals surface area contributed by atoms with Crippen LogP contribution in [0.1, 0.15) is 32.1 Å². The van der Waals surface area contributed by atoms with Gasteiger partial charge in [0, 0.05) is 37.4 Å². The zero-order chi connectivity index (χ0) is 13.1. The Labute approximate surface area is 113 Å². The number of carbonyl (C=O) groups excluding carboxylic acids is 1. The SMILES string of the molecule is O=C(NC1CCCN(c2ncccn2)C1)C1CCC1. The summed E-state index contributed by atoms with van der Waals surface area (Å²) in [6.45, 7) is 1.79. The van der Waals surface area contributed by atoms with Gasteiger partial charge in [0.1, 0.15) is 0 Å². The Morgan fingerprint density at radius 2 is 2.00 bits per heavy atom. The fraction of sp³-hybridized carbons (Fsp3) is 0.643. The van der Waals surface area contributed by atoms with Gasteiger partial charge in [-0.2, -0.15) is 0 Å². The molecule has 5 nitrogen and oxygen atoms in total. The van der Waals surface area contributed by atoms with Crippen molar-refractivity contribution in [3.8, 4) is 0 Å². The van der Waals surface area contributed by atoms with E-state index in [1.54, 1.807) is 12.4 Å². The molecule has 2 aliphatic rings. The van der Waals surface area contributed by atoms with Crippen LogP contribution in [0.4, 0.5) is 5.95 Å². The summed E-state index contributed by atoms with van der Waals surface area (Å²) >= 11 is 0. The molecule has 0 aromatic carbocycles. The summed E-state index contributed by atoms with van der Waals surface area (Å²) in [6.07, 6.45) is 8.98. The lowest BCUT2D eigenvalue weighted by Crippen LogP contribution is -2.50. The Kier molecular flexibility index (Phi) is 3.62. The van der Waals surface area contributed by atoms with Crippen LogP contribution < -0.4 is 10.2 Å². The van der Waals surface area contributed by atoms with Crippen LogP contribution in [0.2, 0.25) is 0 Å². The lowest BCUT2D eigenvalue weighted by atomic mass is 9.84. The minimum atomic E-state index is 0.241. The molecule has 102 valence electrons. The Balaban J connectivity index is 1.57. The van der Waals surface area contributed by atoms with Crippen molar-refractivity contribution in [1.29, 1.82) is 0 Å². The minimum absolute atomic E-state index is 0.241. The molecule has 0 spiro atoms. The lowest BCUT2D eigenvalue weighted by Gasteiger charge is -2.34. The van der Waals surface area contributed by atoms with Gasteiger partial charge >= 0.3 is 0 Å². The minimum Gasteiger partial charge on any atom is -0.351 e. The van der Waals surface area contributed by atoms with Gasteiger partial charge in [-0.1, -0.05) is 6.42 Å². The van der Waals surface area contributed by atoms with Gasteiger partial charge < -0.3 is 10.2 Å². The smallest absolute Gasteiger partial charge is 0.225 e. The summed E-state index contributed by atoms with van der Waals surface area (Å²) in [5.41, 5.74) is 0. The van der Waals surface area contributed by atoms with Gasteiger partial charge in [0.05, 0.1) is 0 Å². The van der Waals surface area contributed by atoms with Crippen LogP contribution in [0.3, 0.4) is 0 Å². The quantitative estimate of drug-likeness (QED) is 0.891. The van der Waals surface area contributed by atoms with E-state index in [1.165, 1.54) is 6.42 Å². The van der Waals surface area contributed by atoms with Gasteiger partial charge in [0.15, 0.2) is 0 Å². The molecule has 0 radical (unpaired) electrons. The van der Waals surface area contributed by atoms with Gasteiger partial charge in [-0.05, 0) is 31.7 Å². The van der Waals surface area contributed by atoms with E-state index in [2.05, 4.69) is 20.2 Å². The highest BCUT2D eigenvalue weighted by Crippen LogP contribution is 2.26. The van der Waals surface area contributed by atoms with Crippen molar-refractivity contribution in [1.82, 2.24) is 15.3 Å². The van der Waals surface area contributed by atoms with Crippen LogP contribution in [-0.4, -0.2) is 35.0 Å². The van der Waals surface area contributed by atoms with Crippen molar-refractivity contribution < 1.29 is 4.79 Å².